The molecule has 2 aromatic rings. The molecule has 21 heavy (non-hydrogen) atoms. The summed E-state index contributed by atoms with van der Waals surface area (Å²) >= 11 is 1.58. The number of nitrogens with one attached hydrogen (secondary N) is 1. The Labute approximate surface area is 128 Å². The van der Waals surface area contributed by atoms with Crippen molar-refractivity contribution in [2.24, 2.45) is 0 Å². The highest BCUT2D eigenvalue weighted by Crippen LogP contribution is 2.35. The summed E-state index contributed by atoms with van der Waals surface area (Å²) in [4.78, 5) is 4.22. The molecule has 2 aromatic heterocycles. The number of thiophene rings is 1. The maximum Gasteiger partial charge on any atom is 0.247 e. The summed E-state index contributed by atoms with van der Waals surface area (Å²) in [7, 11) is -1.83. The van der Waals surface area contributed by atoms with Crippen molar-refractivity contribution < 1.29 is 8.42 Å². The van der Waals surface area contributed by atoms with Crippen LogP contribution in [0.1, 0.15) is 18.4 Å². The normalized spacial score (nSPS) is 15.3. The van der Waals surface area contributed by atoms with Crippen LogP contribution in [0.25, 0.3) is 0 Å². The third-order valence-corrected chi connectivity index (χ3v) is 6.17. The summed E-state index contributed by atoms with van der Waals surface area (Å²) < 4.78 is 27.5. The lowest BCUT2D eigenvalue weighted by atomic mass is 10.3. The molecule has 1 aliphatic carbocycles. The van der Waals surface area contributed by atoms with Gasteiger partial charge in [-0.05, 0) is 41.3 Å². The zero-order valence-corrected chi connectivity index (χ0v) is 13.3. The molecule has 0 amide bonds. The van der Waals surface area contributed by atoms with E-state index in [4.69, 9.17) is 0 Å². The highest BCUT2D eigenvalue weighted by molar-refractivity contribution is 7.89. The number of rotatable bonds is 6. The second-order valence-corrected chi connectivity index (χ2v) is 7.67. The van der Waals surface area contributed by atoms with Crippen LogP contribution in [-0.4, -0.2) is 30.8 Å². The molecule has 0 atom stereocenters. The summed E-state index contributed by atoms with van der Waals surface area (Å²) in [5.74, 6) is 0. The molecule has 0 aromatic carbocycles. The van der Waals surface area contributed by atoms with Crippen LogP contribution in [0, 0.1) is 0 Å². The highest BCUT2D eigenvalue weighted by atomic mass is 32.2. The monoisotopic (exact) mass is 323 g/mol. The van der Waals surface area contributed by atoms with Gasteiger partial charge >= 0.3 is 0 Å². The molecule has 1 saturated carbocycles. The molecule has 0 radical (unpaired) electrons. The number of hydrogen-bond donors (Lipinski definition) is 1. The van der Waals surface area contributed by atoms with Gasteiger partial charge in [-0.15, -0.1) is 0 Å². The maximum atomic E-state index is 13.0. The number of sulfonamides is 1. The predicted octanol–water partition coefficient (Wildman–Crippen LogP) is 2.54. The molecule has 0 unspecified atom stereocenters. The molecule has 1 N–H and O–H groups in total. The van der Waals surface area contributed by atoms with Gasteiger partial charge in [-0.25, -0.2) is 8.42 Å². The van der Waals surface area contributed by atoms with Crippen molar-refractivity contribution in [2.75, 3.05) is 12.4 Å². The highest BCUT2D eigenvalue weighted by Gasteiger charge is 2.39. The maximum absolute atomic E-state index is 13.0. The van der Waals surface area contributed by atoms with Gasteiger partial charge in [-0.1, -0.05) is 0 Å². The van der Waals surface area contributed by atoms with Crippen molar-refractivity contribution in [1.82, 2.24) is 9.29 Å². The average Bonchev–Trinajstić information content (AvgIpc) is 3.20. The van der Waals surface area contributed by atoms with Gasteiger partial charge in [0.1, 0.15) is 4.90 Å². The van der Waals surface area contributed by atoms with Gasteiger partial charge in [0, 0.05) is 32.0 Å². The SMILES string of the molecule is CNc1ccncc1S(=O)(=O)N(Cc1ccsc1)C1CC1. The minimum atomic E-state index is -3.54. The standard InChI is InChI=1S/C14H17N3O2S2/c1-15-13-4-6-16-8-14(13)21(18,19)17(12-2-3-12)9-11-5-7-20-10-11/h4-8,10,12H,2-3,9H2,1H3,(H,15,16). The van der Waals surface area contributed by atoms with E-state index in [1.807, 2.05) is 16.8 Å². The lowest BCUT2D eigenvalue weighted by molar-refractivity contribution is 0.399. The van der Waals surface area contributed by atoms with E-state index in [2.05, 4.69) is 10.3 Å². The quantitative estimate of drug-likeness (QED) is 0.887. The van der Waals surface area contributed by atoms with E-state index in [0.29, 0.717) is 12.2 Å². The second kappa shape index (κ2) is 5.75. The first-order chi connectivity index (χ1) is 10.1. The third kappa shape index (κ3) is 2.95. The van der Waals surface area contributed by atoms with E-state index in [9.17, 15) is 8.42 Å². The fraction of sp³-hybridized carbons (Fsp3) is 0.357. The summed E-state index contributed by atoms with van der Waals surface area (Å²) in [6.07, 6.45) is 4.87. The molecule has 0 aliphatic heterocycles. The van der Waals surface area contributed by atoms with Gasteiger partial charge in [0.2, 0.25) is 10.0 Å². The number of nitrogens with zero attached hydrogens (tertiary/aromatic N) is 2. The van der Waals surface area contributed by atoms with Crippen LogP contribution in [0.15, 0.2) is 40.2 Å². The summed E-state index contributed by atoms with van der Waals surface area (Å²) in [5, 5.41) is 6.89. The van der Waals surface area contributed by atoms with Crippen LogP contribution in [0.3, 0.4) is 0 Å². The Kier molecular flexibility index (Phi) is 3.97. The van der Waals surface area contributed by atoms with Crippen LogP contribution in [0.4, 0.5) is 5.69 Å². The molecule has 1 fully saturated rings. The van der Waals surface area contributed by atoms with E-state index in [1.54, 1.807) is 35.0 Å². The van der Waals surface area contributed by atoms with E-state index in [1.165, 1.54) is 6.20 Å². The molecule has 7 heteroatoms. The Bertz CT molecular complexity index is 710. The first kappa shape index (κ1) is 14.5. The lowest BCUT2D eigenvalue weighted by Crippen LogP contribution is -2.33. The van der Waals surface area contributed by atoms with Crippen molar-refractivity contribution in [3.8, 4) is 0 Å². The van der Waals surface area contributed by atoms with Gasteiger partial charge in [0.05, 0.1) is 5.69 Å². The van der Waals surface area contributed by atoms with Crippen LogP contribution >= 0.6 is 11.3 Å². The Morgan fingerprint density at radius 2 is 2.24 bits per heavy atom. The minimum absolute atomic E-state index is 0.111. The summed E-state index contributed by atoms with van der Waals surface area (Å²) in [5.41, 5.74) is 1.62. The van der Waals surface area contributed by atoms with Crippen molar-refractivity contribution in [3.63, 3.8) is 0 Å². The van der Waals surface area contributed by atoms with Crippen LogP contribution in [0.5, 0.6) is 0 Å². The van der Waals surface area contributed by atoms with Crippen LogP contribution in [0.2, 0.25) is 0 Å². The zero-order chi connectivity index (χ0) is 14.9. The van der Waals surface area contributed by atoms with E-state index in [0.717, 1.165) is 18.4 Å². The van der Waals surface area contributed by atoms with E-state index >= 15 is 0 Å². The molecule has 2 heterocycles. The van der Waals surface area contributed by atoms with Crippen molar-refractivity contribution in [3.05, 3.63) is 40.8 Å². The Balaban J connectivity index is 1.97. The van der Waals surface area contributed by atoms with Crippen LogP contribution in [-0.2, 0) is 16.6 Å². The third-order valence-electron chi connectivity index (χ3n) is 3.51. The van der Waals surface area contributed by atoms with Gasteiger partial charge in [-0.2, -0.15) is 15.6 Å². The van der Waals surface area contributed by atoms with Crippen molar-refractivity contribution in [2.45, 2.75) is 30.3 Å². The number of anilines is 1. The van der Waals surface area contributed by atoms with Crippen molar-refractivity contribution in [1.29, 1.82) is 0 Å². The Hall–Kier alpha value is -1.44. The van der Waals surface area contributed by atoms with Gasteiger partial charge in [0.15, 0.2) is 0 Å². The fourth-order valence-corrected chi connectivity index (χ4v) is 4.73. The molecular weight excluding hydrogens is 306 g/mol. The molecule has 5 nitrogen and oxygen atoms in total. The van der Waals surface area contributed by atoms with Gasteiger partial charge < -0.3 is 5.32 Å². The minimum Gasteiger partial charge on any atom is -0.387 e. The first-order valence-electron chi connectivity index (χ1n) is 6.77. The Morgan fingerprint density at radius 3 is 2.86 bits per heavy atom. The van der Waals surface area contributed by atoms with E-state index in [-0.39, 0.29) is 10.9 Å². The average molecular weight is 323 g/mol. The van der Waals surface area contributed by atoms with E-state index < -0.39 is 10.0 Å². The summed E-state index contributed by atoms with van der Waals surface area (Å²) in [6, 6.07) is 3.76. The molecule has 0 bridgehead atoms. The second-order valence-electron chi connectivity index (χ2n) is 5.03. The number of aromatic nitrogens is 1. The predicted molar refractivity (Wildman–Crippen MR) is 83.9 cm³/mol. The topological polar surface area (TPSA) is 62.3 Å². The molecular formula is C14H17N3O2S2. The lowest BCUT2D eigenvalue weighted by Gasteiger charge is -2.22. The van der Waals surface area contributed by atoms with Gasteiger partial charge in [0.25, 0.3) is 0 Å². The molecule has 1 aliphatic rings. The fourth-order valence-electron chi connectivity index (χ4n) is 2.25. The smallest absolute Gasteiger partial charge is 0.247 e. The van der Waals surface area contributed by atoms with Crippen molar-refractivity contribution >= 4 is 27.0 Å². The molecule has 3 rings (SSSR count). The molecule has 112 valence electrons. The number of pyridine rings is 1. The Morgan fingerprint density at radius 1 is 1.43 bits per heavy atom. The molecule has 0 saturated heterocycles. The van der Waals surface area contributed by atoms with Gasteiger partial charge in [-0.3, -0.25) is 4.98 Å². The number of hydrogen-bond acceptors (Lipinski definition) is 5. The summed E-state index contributed by atoms with van der Waals surface area (Å²) in [6.45, 7) is 0.425. The van der Waals surface area contributed by atoms with Crippen LogP contribution < -0.4 is 5.32 Å². The largest absolute Gasteiger partial charge is 0.387 e. The molecule has 0 spiro atoms. The zero-order valence-electron chi connectivity index (χ0n) is 11.7. The first-order valence-corrected chi connectivity index (χ1v) is 9.16.